The first-order valence-corrected chi connectivity index (χ1v) is 7.08. The van der Waals surface area contributed by atoms with Crippen molar-refractivity contribution in [2.45, 2.75) is 19.9 Å². The van der Waals surface area contributed by atoms with Gasteiger partial charge in [-0.2, -0.15) is 0 Å². The number of aromatic nitrogens is 1. The molecule has 0 fully saturated rings. The van der Waals surface area contributed by atoms with E-state index in [1.165, 1.54) is 0 Å². The molecule has 0 aliphatic rings. The van der Waals surface area contributed by atoms with E-state index >= 15 is 0 Å². The zero-order valence-electron chi connectivity index (χ0n) is 9.42. The van der Waals surface area contributed by atoms with Crippen LogP contribution in [0.15, 0.2) is 40.3 Å². The molecule has 0 unspecified atom stereocenters. The van der Waals surface area contributed by atoms with Gasteiger partial charge in [-0.1, -0.05) is 0 Å². The number of benzene rings is 1. The number of rotatable bonds is 2. The Balaban J connectivity index is 2.50. The second-order valence-electron chi connectivity index (χ2n) is 3.86. The molecule has 84 valence electrons. The van der Waals surface area contributed by atoms with Crippen LogP contribution in [0, 0.1) is 0 Å². The van der Waals surface area contributed by atoms with Gasteiger partial charge in [-0.3, -0.25) is 0 Å². The van der Waals surface area contributed by atoms with Gasteiger partial charge in [-0.05, 0) is 0 Å². The molecule has 0 bridgehead atoms. The van der Waals surface area contributed by atoms with E-state index in [4.69, 9.17) is 5.84 Å². The Labute approximate surface area is 101 Å². The van der Waals surface area contributed by atoms with Crippen molar-refractivity contribution in [3.05, 3.63) is 39.6 Å². The van der Waals surface area contributed by atoms with Crippen molar-refractivity contribution in [3.63, 3.8) is 0 Å². The van der Waals surface area contributed by atoms with Crippen LogP contribution in [0.3, 0.4) is 0 Å². The van der Waals surface area contributed by atoms with Crippen molar-refractivity contribution in [1.82, 2.24) is 4.68 Å². The summed E-state index contributed by atoms with van der Waals surface area (Å²) in [4.78, 5) is 6.71. The third-order valence-electron chi connectivity index (χ3n) is 2.18. The maximum absolute atomic E-state index is 6.05. The molecule has 0 amide bonds. The van der Waals surface area contributed by atoms with Crippen LogP contribution in [0.1, 0.15) is 13.8 Å². The molecule has 4 heteroatoms. The van der Waals surface area contributed by atoms with Gasteiger partial charge in [0.05, 0.1) is 0 Å². The first kappa shape index (κ1) is 11.2. The zero-order chi connectivity index (χ0) is 11.5. The third kappa shape index (κ3) is 2.29. The van der Waals surface area contributed by atoms with Gasteiger partial charge < -0.3 is 0 Å². The van der Waals surface area contributed by atoms with Gasteiger partial charge in [0, 0.05) is 0 Å². The fourth-order valence-electron chi connectivity index (χ4n) is 1.45. The van der Waals surface area contributed by atoms with Gasteiger partial charge in [-0.25, -0.2) is 0 Å². The summed E-state index contributed by atoms with van der Waals surface area (Å²) >= 11 is 0.254. The Morgan fingerprint density at radius 3 is 2.56 bits per heavy atom. The van der Waals surface area contributed by atoms with Crippen molar-refractivity contribution >= 4 is 14.5 Å². The number of hydrogen-bond acceptors (Lipinski definition) is 2. The minimum atomic E-state index is 0.254. The second kappa shape index (κ2) is 4.72. The van der Waals surface area contributed by atoms with Gasteiger partial charge in [-0.15, -0.1) is 0 Å². The molecule has 2 rings (SSSR count). The van der Waals surface area contributed by atoms with Crippen LogP contribution in [0.4, 0.5) is 0 Å². The molecule has 2 aromatic rings. The molecule has 0 radical (unpaired) electrons. The van der Waals surface area contributed by atoms with Crippen molar-refractivity contribution in [1.29, 1.82) is 0 Å². The van der Waals surface area contributed by atoms with Crippen LogP contribution >= 0.6 is 0 Å². The molecular formula is C12H15N3Se. The molecule has 3 nitrogen and oxygen atoms in total. The van der Waals surface area contributed by atoms with Crippen LogP contribution in [0.5, 0.6) is 0 Å². The number of hydrogen-bond donors (Lipinski definition) is 1. The zero-order valence-corrected chi connectivity index (χ0v) is 11.1. The van der Waals surface area contributed by atoms with Crippen LogP contribution in [-0.2, 0) is 0 Å². The first-order valence-electron chi connectivity index (χ1n) is 5.23. The molecule has 0 saturated heterocycles. The molecule has 0 atom stereocenters. The van der Waals surface area contributed by atoms with E-state index in [9.17, 15) is 0 Å². The van der Waals surface area contributed by atoms with Crippen molar-refractivity contribution in [3.8, 4) is 11.3 Å². The molecule has 1 aromatic heterocycles. The summed E-state index contributed by atoms with van der Waals surface area (Å²) in [7, 11) is 0. The third-order valence-corrected chi connectivity index (χ3v) is 3.97. The molecule has 0 aliphatic heterocycles. The standard InChI is InChI=1S/C12H15N3Se/c1-9(2)14-12-15(13)11(8-16-12)10-6-4-3-5-7-10/h3-9H,13H2,1-2H3. The van der Waals surface area contributed by atoms with Gasteiger partial charge in [0.1, 0.15) is 0 Å². The normalized spacial score (nSPS) is 12.3. The van der Waals surface area contributed by atoms with E-state index < -0.39 is 0 Å². The first-order chi connectivity index (χ1) is 7.68. The summed E-state index contributed by atoms with van der Waals surface area (Å²) < 4.78 is 2.72. The average Bonchev–Trinajstić information content (AvgIpc) is 2.61. The van der Waals surface area contributed by atoms with Crippen molar-refractivity contribution in [2.24, 2.45) is 4.99 Å². The van der Waals surface area contributed by atoms with E-state index in [0.29, 0.717) is 6.04 Å². The van der Waals surface area contributed by atoms with E-state index in [2.05, 4.69) is 35.9 Å². The summed E-state index contributed by atoms with van der Waals surface area (Å²) in [5, 5.41) is 0. The predicted molar refractivity (Wildman–Crippen MR) is 67.7 cm³/mol. The van der Waals surface area contributed by atoms with Crippen LogP contribution in [-0.4, -0.2) is 25.2 Å². The Morgan fingerprint density at radius 2 is 1.94 bits per heavy atom. The van der Waals surface area contributed by atoms with E-state index in [1.807, 2.05) is 18.2 Å². The Kier molecular flexibility index (Phi) is 3.32. The van der Waals surface area contributed by atoms with E-state index in [0.717, 1.165) is 15.6 Å². The molecule has 1 aromatic carbocycles. The summed E-state index contributed by atoms with van der Waals surface area (Å²) in [6.07, 6.45) is 0. The molecule has 1 heterocycles. The Morgan fingerprint density at radius 1 is 1.25 bits per heavy atom. The molecular weight excluding hydrogens is 265 g/mol. The Bertz CT molecular complexity index is 523. The summed E-state index contributed by atoms with van der Waals surface area (Å²) in [5.41, 5.74) is 2.22. The SMILES string of the molecule is CC(C)N=c1[se]cc(-c2ccccc2)n1N. The average molecular weight is 280 g/mol. The van der Waals surface area contributed by atoms with Crippen LogP contribution in [0.25, 0.3) is 11.3 Å². The molecule has 2 N–H and O–H groups in total. The van der Waals surface area contributed by atoms with Crippen LogP contribution < -0.4 is 10.2 Å². The summed E-state index contributed by atoms with van der Waals surface area (Å²) in [5.74, 6) is 6.05. The van der Waals surface area contributed by atoms with E-state index in [-0.39, 0.29) is 14.5 Å². The quantitative estimate of drug-likeness (QED) is 0.652. The van der Waals surface area contributed by atoms with Gasteiger partial charge in [0.25, 0.3) is 0 Å². The van der Waals surface area contributed by atoms with Crippen molar-refractivity contribution < 1.29 is 0 Å². The molecule has 0 aliphatic carbocycles. The predicted octanol–water partition coefficient (Wildman–Crippen LogP) is 1.23. The van der Waals surface area contributed by atoms with Gasteiger partial charge in [0.15, 0.2) is 0 Å². The minimum absolute atomic E-state index is 0.254. The van der Waals surface area contributed by atoms with Crippen molar-refractivity contribution in [2.75, 3.05) is 5.84 Å². The van der Waals surface area contributed by atoms with E-state index in [1.54, 1.807) is 4.68 Å². The van der Waals surface area contributed by atoms with Gasteiger partial charge in [0.2, 0.25) is 0 Å². The van der Waals surface area contributed by atoms with Crippen LogP contribution in [0.2, 0.25) is 0 Å². The topological polar surface area (TPSA) is 43.3 Å². The Hall–Kier alpha value is -1.25. The monoisotopic (exact) mass is 281 g/mol. The fraction of sp³-hybridized carbons (Fsp3) is 0.250. The molecule has 0 spiro atoms. The molecule has 16 heavy (non-hydrogen) atoms. The number of nitrogen functional groups attached to an aromatic ring is 1. The maximum atomic E-state index is 6.05. The number of nitrogens with zero attached hydrogens (tertiary/aromatic N) is 2. The summed E-state index contributed by atoms with van der Waals surface area (Å²) in [6, 6.07) is 10.5. The summed E-state index contributed by atoms with van der Waals surface area (Å²) in [6.45, 7) is 4.13. The number of nitrogens with two attached hydrogens (primary N) is 1. The van der Waals surface area contributed by atoms with Gasteiger partial charge >= 0.3 is 101 Å². The second-order valence-corrected chi connectivity index (χ2v) is 5.62. The fourth-order valence-corrected chi connectivity index (χ4v) is 3.45. The molecule has 0 saturated carbocycles.